The van der Waals surface area contributed by atoms with Crippen molar-refractivity contribution in [1.29, 1.82) is 0 Å². The van der Waals surface area contributed by atoms with Gasteiger partial charge in [0, 0.05) is 32.4 Å². The predicted molar refractivity (Wildman–Crippen MR) is 146 cm³/mol. The van der Waals surface area contributed by atoms with Crippen molar-refractivity contribution in [2.45, 2.75) is 25.7 Å². The lowest BCUT2D eigenvalue weighted by Crippen LogP contribution is -2.29. The molecule has 2 aromatic heterocycles. The molecule has 9 nitrogen and oxygen atoms in total. The molecule has 1 aromatic carbocycles. The van der Waals surface area contributed by atoms with Crippen LogP contribution in [0, 0.1) is 0 Å². The highest BCUT2D eigenvalue weighted by atomic mass is 16.5. The number of likely N-dealkylation sites (N-methyl/N-ethyl adjacent to an activating group) is 2. The molecule has 0 bridgehead atoms. The molecule has 3 aromatic rings. The van der Waals surface area contributed by atoms with E-state index in [0.29, 0.717) is 23.1 Å². The van der Waals surface area contributed by atoms with Gasteiger partial charge in [-0.25, -0.2) is 4.98 Å². The summed E-state index contributed by atoms with van der Waals surface area (Å²) >= 11 is 0. The number of benzene rings is 1. The summed E-state index contributed by atoms with van der Waals surface area (Å²) < 4.78 is 7.63. The summed E-state index contributed by atoms with van der Waals surface area (Å²) in [5.74, 6) is 0.770. The first-order valence-electron chi connectivity index (χ1n) is 12.2. The molecule has 0 spiro atoms. The minimum atomic E-state index is -0.288. The molecule has 190 valence electrons. The Morgan fingerprint density at radius 2 is 2.03 bits per heavy atom. The van der Waals surface area contributed by atoms with Crippen molar-refractivity contribution in [1.82, 2.24) is 19.3 Å². The zero-order chi connectivity index (χ0) is 25.7. The normalized spacial score (nSPS) is 13.4. The minimum absolute atomic E-state index is 0.288. The second-order valence-electron chi connectivity index (χ2n) is 9.26. The van der Waals surface area contributed by atoms with E-state index >= 15 is 0 Å². The van der Waals surface area contributed by atoms with Crippen molar-refractivity contribution >= 4 is 40.1 Å². The molecule has 0 fully saturated rings. The lowest BCUT2D eigenvalue weighted by molar-refractivity contribution is -0.111. The smallest absolute Gasteiger partial charge is 0.247 e. The molecule has 4 rings (SSSR count). The summed E-state index contributed by atoms with van der Waals surface area (Å²) in [5, 5.41) is 6.19. The number of nitrogens with zero attached hydrogens (tertiary/aromatic N) is 5. The Balaban J connectivity index is 1.65. The number of methoxy groups -OCH3 is 1. The van der Waals surface area contributed by atoms with Crippen LogP contribution in [0.25, 0.3) is 11.2 Å². The Morgan fingerprint density at radius 1 is 1.19 bits per heavy atom. The van der Waals surface area contributed by atoms with E-state index in [4.69, 9.17) is 9.72 Å². The Kier molecular flexibility index (Phi) is 7.90. The summed E-state index contributed by atoms with van der Waals surface area (Å²) in [6.45, 7) is 5.21. The number of carbonyl (C=O) groups is 1. The van der Waals surface area contributed by atoms with Crippen molar-refractivity contribution in [3.8, 4) is 5.75 Å². The molecule has 1 aliphatic carbocycles. The van der Waals surface area contributed by atoms with Gasteiger partial charge in [-0.05, 0) is 69.1 Å². The Hall–Kier alpha value is -3.85. The van der Waals surface area contributed by atoms with E-state index in [-0.39, 0.29) is 5.91 Å². The van der Waals surface area contributed by atoms with Crippen LogP contribution in [-0.2, 0) is 4.79 Å². The third-order valence-electron chi connectivity index (χ3n) is 6.32. The van der Waals surface area contributed by atoms with Crippen molar-refractivity contribution in [3.63, 3.8) is 0 Å². The molecule has 0 atom stereocenters. The van der Waals surface area contributed by atoms with Gasteiger partial charge in [0.25, 0.3) is 0 Å². The standard InChI is InChI=1S/C27H35N7O2/c1-6-26(35)29-21-15-22(24(36-5)16-23(21)33(4)13-12-32(2)3)30-27-28-18-34-17-20(14-25(34)31-27)19-10-8-7-9-11-19/h6,10,14-18H,1,7-9,11-13H2,2-5H3,(H,29,35)(H,30,31). The van der Waals surface area contributed by atoms with Gasteiger partial charge >= 0.3 is 0 Å². The number of ether oxygens (including phenoxy) is 1. The van der Waals surface area contributed by atoms with E-state index in [9.17, 15) is 4.79 Å². The molecule has 36 heavy (non-hydrogen) atoms. The minimum Gasteiger partial charge on any atom is -0.494 e. The van der Waals surface area contributed by atoms with Crippen LogP contribution in [0.2, 0.25) is 0 Å². The SMILES string of the molecule is C=CC(=O)Nc1cc(Nc2ncn3cc(C4=CCCCC4)cc3n2)c(OC)cc1N(C)CCN(C)C. The second-order valence-corrected chi connectivity index (χ2v) is 9.26. The molecule has 0 radical (unpaired) electrons. The summed E-state index contributed by atoms with van der Waals surface area (Å²) in [5.41, 5.74) is 5.50. The molecule has 1 aliphatic rings. The van der Waals surface area contributed by atoms with Gasteiger partial charge in [0.2, 0.25) is 11.9 Å². The van der Waals surface area contributed by atoms with E-state index in [1.165, 1.54) is 30.1 Å². The number of fused-ring (bicyclic) bond motifs is 1. The molecule has 0 saturated carbocycles. The zero-order valence-corrected chi connectivity index (χ0v) is 21.5. The number of aromatic nitrogens is 3. The summed E-state index contributed by atoms with van der Waals surface area (Å²) in [4.78, 5) is 25.6. The number of hydrogen-bond donors (Lipinski definition) is 2. The Bertz CT molecular complexity index is 1280. The number of hydrogen-bond acceptors (Lipinski definition) is 7. The number of allylic oxidation sites excluding steroid dienone is 2. The van der Waals surface area contributed by atoms with Crippen molar-refractivity contribution in [2.75, 3.05) is 56.9 Å². The van der Waals surface area contributed by atoms with E-state index in [2.05, 4.69) is 50.3 Å². The van der Waals surface area contributed by atoms with Crippen molar-refractivity contribution in [3.05, 3.63) is 55.0 Å². The molecule has 2 heterocycles. The van der Waals surface area contributed by atoms with Crippen LogP contribution in [0.4, 0.5) is 23.0 Å². The monoisotopic (exact) mass is 489 g/mol. The van der Waals surface area contributed by atoms with E-state index < -0.39 is 0 Å². The Labute approximate surface area is 212 Å². The average molecular weight is 490 g/mol. The maximum Gasteiger partial charge on any atom is 0.247 e. The first-order valence-corrected chi connectivity index (χ1v) is 12.2. The predicted octanol–water partition coefficient (Wildman–Crippen LogP) is 4.56. The number of amides is 1. The summed E-state index contributed by atoms with van der Waals surface area (Å²) in [6.07, 6.45) is 12.1. The van der Waals surface area contributed by atoms with Crippen molar-refractivity contribution in [2.24, 2.45) is 0 Å². The highest BCUT2D eigenvalue weighted by Gasteiger charge is 2.17. The molecule has 0 saturated heterocycles. The van der Waals surface area contributed by atoms with Gasteiger partial charge in [-0.3, -0.25) is 9.20 Å². The molecule has 9 heteroatoms. The van der Waals surface area contributed by atoms with Gasteiger partial charge < -0.3 is 25.2 Å². The van der Waals surface area contributed by atoms with E-state index in [1.54, 1.807) is 13.4 Å². The van der Waals surface area contributed by atoms with Gasteiger partial charge in [-0.1, -0.05) is 12.7 Å². The third kappa shape index (κ3) is 5.85. The maximum absolute atomic E-state index is 12.2. The average Bonchev–Trinajstić information content (AvgIpc) is 3.31. The lowest BCUT2D eigenvalue weighted by atomic mass is 9.95. The molecule has 0 unspecified atom stereocenters. The van der Waals surface area contributed by atoms with Crippen LogP contribution < -0.4 is 20.3 Å². The van der Waals surface area contributed by atoms with Gasteiger partial charge in [0.15, 0.2) is 0 Å². The van der Waals surface area contributed by atoms with Crippen molar-refractivity contribution < 1.29 is 9.53 Å². The lowest BCUT2D eigenvalue weighted by Gasteiger charge is -2.25. The largest absolute Gasteiger partial charge is 0.494 e. The maximum atomic E-state index is 12.2. The van der Waals surface area contributed by atoms with Gasteiger partial charge in [0.1, 0.15) is 17.7 Å². The van der Waals surface area contributed by atoms with Crippen LogP contribution in [0.3, 0.4) is 0 Å². The number of nitrogens with one attached hydrogen (secondary N) is 2. The number of rotatable bonds is 10. The van der Waals surface area contributed by atoms with E-state index in [0.717, 1.165) is 37.3 Å². The fourth-order valence-electron chi connectivity index (χ4n) is 4.27. The van der Waals surface area contributed by atoms with Gasteiger partial charge in [-0.15, -0.1) is 0 Å². The van der Waals surface area contributed by atoms with Gasteiger partial charge in [-0.2, -0.15) is 4.98 Å². The molecule has 2 N–H and O–H groups in total. The Morgan fingerprint density at radius 3 is 2.72 bits per heavy atom. The van der Waals surface area contributed by atoms with E-state index in [1.807, 2.05) is 37.7 Å². The first-order chi connectivity index (χ1) is 17.4. The molecule has 1 amide bonds. The molecule has 0 aliphatic heterocycles. The summed E-state index contributed by atoms with van der Waals surface area (Å²) in [6, 6.07) is 5.84. The fraction of sp³-hybridized carbons (Fsp3) is 0.370. The second kappa shape index (κ2) is 11.3. The first kappa shape index (κ1) is 25.2. The summed E-state index contributed by atoms with van der Waals surface area (Å²) in [7, 11) is 7.66. The van der Waals surface area contributed by atoms with Crippen LogP contribution >= 0.6 is 0 Å². The highest BCUT2D eigenvalue weighted by Crippen LogP contribution is 2.38. The quantitative estimate of drug-likeness (QED) is 0.404. The number of carbonyl (C=O) groups excluding carboxylic acids is 1. The topological polar surface area (TPSA) is 87.0 Å². The van der Waals surface area contributed by atoms with Crippen LogP contribution in [0.5, 0.6) is 5.75 Å². The fourth-order valence-corrected chi connectivity index (χ4v) is 4.27. The number of anilines is 4. The highest BCUT2D eigenvalue weighted by molar-refractivity contribution is 6.02. The zero-order valence-electron chi connectivity index (χ0n) is 21.5. The molecular formula is C27H35N7O2. The van der Waals surface area contributed by atoms with Gasteiger partial charge in [0.05, 0.1) is 24.2 Å². The van der Waals surface area contributed by atoms with Crippen LogP contribution in [-0.4, -0.2) is 66.5 Å². The van der Waals surface area contributed by atoms with Crippen LogP contribution in [0.15, 0.2) is 49.5 Å². The molecular weight excluding hydrogens is 454 g/mol. The van der Waals surface area contributed by atoms with Crippen LogP contribution in [0.1, 0.15) is 31.2 Å². The third-order valence-corrected chi connectivity index (χ3v) is 6.32.